The number of nitrogens with zero attached hydrogens (tertiary/aromatic N) is 1. The second-order valence-electron chi connectivity index (χ2n) is 6.95. The zero-order chi connectivity index (χ0) is 21.8. The first-order valence-corrected chi connectivity index (χ1v) is 13.3. The lowest BCUT2D eigenvalue weighted by Crippen LogP contribution is -2.17. The van der Waals surface area contributed by atoms with Crippen LogP contribution in [0.15, 0.2) is 102 Å². The van der Waals surface area contributed by atoms with Gasteiger partial charge in [-0.05, 0) is 53.9 Å². The fourth-order valence-corrected chi connectivity index (χ4v) is 6.91. The molecule has 0 radical (unpaired) electrons. The van der Waals surface area contributed by atoms with Crippen molar-refractivity contribution in [3.63, 3.8) is 0 Å². The van der Waals surface area contributed by atoms with Crippen LogP contribution in [0.5, 0.6) is 11.5 Å². The molecule has 0 bridgehead atoms. The van der Waals surface area contributed by atoms with E-state index in [1.165, 1.54) is 11.3 Å². The monoisotopic (exact) mass is 478 g/mol. The molecule has 0 aliphatic heterocycles. The zero-order valence-electron chi connectivity index (χ0n) is 16.8. The molecule has 1 N–H and O–H groups in total. The first-order valence-electron chi connectivity index (χ1n) is 9.92. The fourth-order valence-electron chi connectivity index (χ4n) is 3.24. The molecular weight excluding hydrogens is 459 g/mol. The Bertz CT molecular complexity index is 1300. The highest BCUT2D eigenvalue weighted by Gasteiger charge is 2.41. The molecule has 0 saturated carbocycles. The summed E-state index contributed by atoms with van der Waals surface area (Å²) in [5.41, 5.74) is 3.48. The number of benzene rings is 3. The number of anilines is 1. The van der Waals surface area contributed by atoms with E-state index in [0.29, 0.717) is 11.5 Å². The minimum absolute atomic E-state index is 0.477. The van der Waals surface area contributed by atoms with E-state index < -0.39 is 13.4 Å². The van der Waals surface area contributed by atoms with Crippen LogP contribution in [0.2, 0.25) is 0 Å². The summed E-state index contributed by atoms with van der Waals surface area (Å²) in [5, 5.41) is 5.35. The molecule has 2 heterocycles. The lowest BCUT2D eigenvalue weighted by molar-refractivity contribution is 0.377. The van der Waals surface area contributed by atoms with E-state index in [2.05, 4.69) is 10.3 Å². The standard InChI is InChI=1S/C24H19N2O3PS2/c27-30(28-19-8-3-1-4-9-19,29-20-10-5-2-6-11-20)24(23-12-7-15-31-23)26-18-13-14-22-21(16-18)25-17-32-22/h1-17,24,26H. The number of aromatic nitrogens is 1. The summed E-state index contributed by atoms with van der Waals surface area (Å²) < 4.78 is 27.7. The Hall–Kier alpha value is -3.12. The first-order chi connectivity index (χ1) is 15.7. The van der Waals surface area contributed by atoms with Gasteiger partial charge in [0.2, 0.25) is 0 Å². The number of rotatable bonds is 8. The topological polar surface area (TPSA) is 60.5 Å². The molecule has 0 aliphatic rings. The van der Waals surface area contributed by atoms with Crippen LogP contribution in [-0.4, -0.2) is 4.98 Å². The summed E-state index contributed by atoms with van der Waals surface area (Å²) in [6.45, 7) is 0. The van der Waals surface area contributed by atoms with Gasteiger partial charge < -0.3 is 14.4 Å². The van der Waals surface area contributed by atoms with Crippen LogP contribution in [0.4, 0.5) is 5.69 Å². The molecule has 160 valence electrons. The van der Waals surface area contributed by atoms with Crippen LogP contribution in [-0.2, 0) is 4.57 Å². The molecule has 0 amide bonds. The Balaban J connectivity index is 1.57. The molecule has 1 unspecified atom stereocenters. The Kier molecular flexibility index (Phi) is 5.95. The van der Waals surface area contributed by atoms with Gasteiger partial charge in [-0.25, -0.2) is 9.55 Å². The minimum atomic E-state index is -3.79. The molecule has 0 saturated heterocycles. The molecule has 3 aromatic carbocycles. The van der Waals surface area contributed by atoms with Crippen LogP contribution >= 0.6 is 30.3 Å². The van der Waals surface area contributed by atoms with Gasteiger partial charge in [-0.3, -0.25) is 0 Å². The maximum absolute atomic E-state index is 14.5. The van der Waals surface area contributed by atoms with Crippen molar-refractivity contribution in [2.24, 2.45) is 0 Å². The van der Waals surface area contributed by atoms with Crippen molar-refractivity contribution in [3.8, 4) is 11.5 Å². The van der Waals surface area contributed by atoms with Gasteiger partial charge >= 0.3 is 7.60 Å². The molecule has 0 spiro atoms. The Morgan fingerprint density at radius 2 is 1.50 bits per heavy atom. The normalized spacial score (nSPS) is 12.4. The number of fused-ring (bicyclic) bond motifs is 1. The second kappa shape index (κ2) is 9.17. The lowest BCUT2D eigenvalue weighted by atomic mass is 10.3. The highest BCUT2D eigenvalue weighted by Crippen LogP contribution is 2.60. The molecule has 0 fully saturated rings. The van der Waals surface area contributed by atoms with Crippen LogP contribution in [0.3, 0.4) is 0 Å². The average molecular weight is 479 g/mol. The molecule has 8 heteroatoms. The van der Waals surface area contributed by atoms with Crippen LogP contribution in [0.25, 0.3) is 10.2 Å². The van der Waals surface area contributed by atoms with Crippen molar-refractivity contribution < 1.29 is 13.6 Å². The van der Waals surface area contributed by atoms with Crippen molar-refractivity contribution in [1.82, 2.24) is 4.98 Å². The van der Waals surface area contributed by atoms with Gasteiger partial charge in [0, 0.05) is 10.6 Å². The van der Waals surface area contributed by atoms with Gasteiger partial charge in [0.05, 0.1) is 15.7 Å². The summed E-state index contributed by atoms with van der Waals surface area (Å²) in [6, 6.07) is 28.0. The predicted molar refractivity (Wildman–Crippen MR) is 132 cm³/mol. The fraction of sp³-hybridized carbons (Fsp3) is 0.0417. The summed E-state index contributed by atoms with van der Waals surface area (Å²) in [5.74, 6) is 0.231. The van der Waals surface area contributed by atoms with E-state index in [0.717, 1.165) is 20.8 Å². The molecule has 5 aromatic rings. The Labute approximate surface area is 193 Å². The van der Waals surface area contributed by atoms with Crippen molar-refractivity contribution >= 4 is 46.2 Å². The highest BCUT2D eigenvalue weighted by molar-refractivity contribution is 7.55. The zero-order valence-corrected chi connectivity index (χ0v) is 19.4. The van der Waals surface area contributed by atoms with Crippen LogP contribution in [0.1, 0.15) is 10.7 Å². The third kappa shape index (κ3) is 4.55. The van der Waals surface area contributed by atoms with Crippen molar-refractivity contribution in [3.05, 3.63) is 107 Å². The number of para-hydroxylation sites is 2. The number of thiophene rings is 1. The summed E-state index contributed by atoms with van der Waals surface area (Å²) in [6.07, 6.45) is 0. The summed E-state index contributed by atoms with van der Waals surface area (Å²) in [4.78, 5) is 5.24. The van der Waals surface area contributed by atoms with Crippen molar-refractivity contribution in [2.75, 3.05) is 5.32 Å². The van der Waals surface area contributed by atoms with Crippen LogP contribution < -0.4 is 14.4 Å². The van der Waals surface area contributed by atoms with Crippen molar-refractivity contribution in [2.45, 2.75) is 5.78 Å². The van der Waals surface area contributed by atoms with Crippen LogP contribution in [0, 0.1) is 0 Å². The Morgan fingerprint density at radius 1 is 0.812 bits per heavy atom. The van der Waals surface area contributed by atoms with Gasteiger partial charge in [-0.15, -0.1) is 22.7 Å². The molecule has 2 aromatic heterocycles. The molecule has 1 atom stereocenters. The number of nitrogens with one attached hydrogen (secondary N) is 1. The largest absolute Gasteiger partial charge is 0.458 e. The van der Waals surface area contributed by atoms with Gasteiger partial charge in [-0.2, -0.15) is 0 Å². The smallest absolute Gasteiger partial charge is 0.414 e. The molecule has 5 nitrogen and oxygen atoms in total. The average Bonchev–Trinajstić information content (AvgIpc) is 3.50. The predicted octanol–water partition coefficient (Wildman–Crippen LogP) is 7.82. The van der Waals surface area contributed by atoms with E-state index in [4.69, 9.17) is 9.05 Å². The maximum atomic E-state index is 14.5. The maximum Gasteiger partial charge on any atom is 0.458 e. The minimum Gasteiger partial charge on any atom is -0.414 e. The summed E-state index contributed by atoms with van der Waals surface area (Å²) in [7, 11) is -3.79. The quantitative estimate of drug-likeness (QED) is 0.230. The van der Waals surface area contributed by atoms with E-state index in [-0.39, 0.29) is 0 Å². The van der Waals surface area contributed by atoms with Gasteiger partial charge in [0.1, 0.15) is 11.5 Å². The third-order valence-electron chi connectivity index (χ3n) is 4.71. The molecule has 5 rings (SSSR count). The third-order valence-corrected chi connectivity index (χ3v) is 8.61. The van der Waals surface area contributed by atoms with Gasteiger partial charge in [0.25, 0.3) is 0 Å². The SMILES string of the molecule is O=P(Oc1ccccc1)(Oc1ccccc1)C(Nc1ccc2scnc2c1)c1cccs1. The van der Waals surface area contributed by atoms with E-state index in [1.54, 1.807) is 35.6 Å². The molecule has 32 heavy (non-hydrogen) atoms. The van der Waals surface area contributed by atoms with E-state index >= 15 is 0 Å². The van der Waals surface area contributed by atoms with E-state index in [1.807, 2.05) is 77.6 Å². The molecule has 0 aliphatic carbocycles. The molecular formula is C24H19N2O3PS2. The van der Waals surface area contributed by atoms with Crippen molar-refractivity contribution in [1.29, 1.82) is 0 Å². The second-order valence-corrected chi connectivity index (χ2v) is 10.8. The van der Waals surface area contributed by atoms with Gasteiger partial charge in [-0.1, -0.05) is 42.5 Å². The Morgan fingerprint density at radius 3 is 2.12 bits per heavy atom. The summed E-state index contributed by atoms with van der Waals surface area (Å²) >= 11 is 3.08. The number of thiazole rings is 1. The first kappa shape index (κ1) is 20.8. The van der Waals surface area contributed by atoms with Gasteiger partial charge in [0.15, 0.2) is 5.78 Å². The highest BCUT2D eigenvalue weighted by atomic mass is 32.1. The number of hydrogen-bond acceptors (Lipinski definition) is 7. The lowest BCUT2D eigenvalue weighted by Gasteiger charge is -2.28. The number of hydrogen-bond donors (Lipinski definition) is 1. The van der Waals surface area contributed by atoms with E-state index in [9.17, 15) is 4.57 Å².